The maximum absolute atomic E-state index is 14.4. The van der Waals surface area contributed by atoms with Gasteiger partial charge in [0.15, 0.2) is 5.82 Å². The van der Waals surface area contributed by atoms with Crippen molar-refractivity contribution in [3.63, 3.8) is 0 Å². The lowest BCUT2D eigenvalue weighted by Gasteiger charge is -2.16. The lowest BCUT2D eigenvalue weighted by atomic mass is 10.00. The normalized spacial score (nSPS) is 18.8. The Bertz CT molecular complexity index is 1070. The van der Waals surface area contributed by atoms with E-state index >= 15 is 0 Å². The zero-order valence-corrected chi connectivity index (χ0v) is 15.8. The zero-order chi connectivity index (χ0) is 20.5. The number of hydrogen-bond donors (Lipinski definition) is 4. The number of carbonyl (C=O) groups is 1. The smallest absolute Gasteiger partial charge is 0.404 e. The largest absolute Gasteiger partial charge is 0.507 e. The average Bonchev–Trinajstić information content (AvgIpc) is 3.14. The van der Waals surface area contributed by atoms with Gasteiger partial charge in [-0.25, -0.2) is 19.2 Å². The van der Waals surface area contributed by atoms with E-state index in [0.717, 1.165) is 10.9 Å². The summed E-state index contributed by atoms with van der Waals surface area (Å²) in [6.07, 6.45) is -0.364. The van der Waals surface area contributed by atoms with Crippen LogP contribution in [0.2, 0.25) is 0 Å². The molecule has 7 nitrogen and oxygen atoms in total. The van der Waals surface area contributed by atoms with E-state index in [-0.39, 0.29) is 29.1 Å². The molecule has 8 heteroatoms. The van der Waals surface area contributed by atoms with Gasteiger partial charge in [0.2, 0.25) is 0 Å². The van der Waals surface area contributed by atoms with Crippen molar-refractivity contribution >= 4 is 17.0 Å². The van der Waals surface area contributed by atoms with Gasteiger partial charge < -0.3 is 20.8 Å². The Hall–Kier alpha value is -3.26. The highest BCUT2D eigenvalue weighted by atomic mass is 19.1. The maximum Gasteiger partial charge on any atom is 0.404 e. The van der Waals surface area contributed by atoms with E-state index in [1.54, 1.807) is 0 Å². The number of nitrogens with one attached hydrogen (secondary N) is 2. The number of nitrogens with zero attached hydrogens (tertiary/aromatic N) is 2. The van der Waals surface area contributed by atoms with Crippen molar-refractivity contribution in [3.8, 4) is 17.1 Å². The number of carboxylic acid groups (broad SMARTS) is 1. The summed E-state index contributed by atoms with van der Waals surface area (Å²) in [5.41, 5.74) is 2.36. The fourth-order valence-corrected chi connectivity index (χ4v) is 3.78. The minimum atomic E-state index is -1.05. The van der Waals surface area contributed by atoms with E-state index in [0.29, 0.717) is 30.7 Å². The van der Waals surface area contributed by atoms with Crippen LogP contribution in [0.4, 0.5) is 9.18 Å². The van der Waals surface area contributed by atoms with Crippen molar-refractivity contribution in [2.24, 2.45) is 5.92 Å². The lowest BCUT2D eigenvalue weighted by molar-refractivity contribution is 0.192. The number of phenolic OH excluding ortho intramolecular Hbond substituents is 1. The molecule has 1 aliphatic heterocycles. The fourth-order valence-electron chi connectivity index (χ4n) is 3.78. The van der Waals surface area contributed by atoms with Gasteiger partial charge in [-0.3, -0.25) is 0 Å². The first-order chi connectivity index (χ1) is 13.9. The van der Waals surface area contributed by atoms with Crippen LogP contribution in [0.5, 0.6) is 5.75 Å². The number of benzene rings is 2. The van der Waals surface area contributed by atoms with Crippen LogP contribution >= 0.6 is 0 Å². The number of rotatable bonds is 4. The van der Waals surface area contributed by atoms with Gasteiger partial charge in [0, 0.05) is 18.5 Å². The predicted octanol–water partition coefficient (Wildman–Crippen LogP) is 3.37. The predicted molar refractivity (Wildman–Crippen MR) is 106 cm³/mol. The maximum atomic E-state index is 14.4. The quantitative estimate of drug-likeness (QED) is 0.539. The highest BCUT2D eigenvalue weighted by Gasteiger charge is 2.29. The topological polar surface area (TPSA) is 107 Å². The van der Waals surface area contributed by atoms with Crippen LogP contribution < -0.4 is 10.6 Å². The lowest BCUT2D eigenvalue weighted by Crippen LogP contribution is -2.28. The molecule has 2 aromatic carbocycles. The highest BCUT2D eigenvalue weighted by molar-refractivity contribution is 5.84. The Labute approximate surface area is 166 Å². The molecular weight excluding hydrogens is 375 g/mol. The van der Waals surface area contributed by atoms with E-state index in [2.05, 4.69) is 20.6 Å². The summed E-state index contributed by atoms with van der Waals surface area (Å²) in [6, 6.07) is 9.78. The van der Waals surface area contributed by atoms with E-state index in [4.69, 9.17) is 5.11 Å². The van der Waals surface area contributed by atoms with Crippen LogP contribution in [0, 0.1) is 18.7 Å². The third-order valence-electron chi connectivity index (χ3n) is 5.19. The Morgan fingerprint density at radius 3 is 2.90 bits per heavy atom. The van der Waals surface area contributed by atoms with Gasteiger partial charge in [-0.1, -0.05) is 18.2 Å². The molecule has 2 atom stereocenters. The van der Waals surface area contributed by atoms with E-state index in [9.17, 15) is 14.3 Å². The Kier molecular flexibility index (Phi) is 5.02. The molecule has 0 bridgehead atoms. The van der Waals surface area contributed by atoms with Crippen LogP contribution in [0.25, 0.3) is 22.3 Å². The second kappa shape index (κ2) is 7.63. The standard InChI is InChI=1S/C21H21FN4O3/c1-11-5-6-13-15(7-11)25-20(18-14(22)3-2-4-17(18)27)26-19(13)16-8-12(9-23-16)10-24-21(28)29/h2-7,12,16,23-24,27H,8-10H2,1H3,(H,28,29). The van der Waals surface area contributed by atoms with Gasteiger partial charge in [-0.15, -0.1) is 0 Å². The van der Waals surface area contributed by atoms with Crippen molar-refractivity contribution in [1.29, 1.82) is 0 Å². The summed E-state index contributed by atoms with van der Waals surface area (Å²) in [7, 11) is 0. The molecule has 0 radical (unpaired) electrons. The van der Waals surface area contributed by atoms with Gasteiger partial charge >= 0.3 is 6.09 Å². The molecule has 1 fully saturated rings. The molecule has 2 unspecified atom stereocenters. The molecule has 150 valence electrons. The number of halogens is 1. The Morgan fingerprint density at radius 1 is 1.31 bits per heavy atom. The van der Waals surface area contributed by atoms with E-state index in [1.807, 2.05) is 25.1 Å². The molecule has 2 heterocycles. The number of hydrogen-bond acceptors (Lipinski definition) is 5. The molecule has 0 saturated carbocycles. The second-order valence-electron chi connectivity index (χ2n) is 7.34. The van der Waals surface area contributed by atoms with Crippen molar-refractivity contribution in [2.75, 3.05) is 13.1 Å². The van der Waals surface area contributed by atoms with Gasteiger partial charge in [0.1, 0.15) is 11.6 Å². The second-order valence-corrected chi connectivity index (χ2v) is 7.34. The molecule has 1 aromatic heterocycles. The van der Waals surface area contributed by atoms with E-state index < -0.39 is 11.9 Å². The zero-order valence-electron chi connectivity index (χ0n) is 15.8. The average molecular weight is 396 g/mol. The summed E-state index contributed by atoms with van der Waals surface area (Å²) in [5, 5.41) is 25.7. The summed E-state index contributed by atoms with van der Waals surface area (Å²) in [5.74, 6) is -0.559. The molecule has 0 spiro atoms. The van der Waals surface area contributed by atoms with Gasteiger partial charge in [-0.2, -0.15) is 0 Å². The summed E-state index contributed by atoms with van der Waals surface area (Å²) < 4.78 is 14.4. The van der Waals surface area contributed by atoms with Crippen LogP contribution in [0.15, 0.2) is 36.4 Å². The first-order valence-electron chi connectivity index (χ1n) is 9.38. The molecular formula is C21H21FN4O3. The third kappa shape index (κ3) is 3.84. The monoisotopic (exact) mass is 396 g/mol. The number of aromatic hydroxyl groups is 1. The number of fused-ring (bicyclic) bond motifs is 1. The summed E-state index contributed by atoms with van der Waals surface area (Å²) >= 11 is 0. The minimum Gasteiger partial charge on any atom is -0.507 e. The molecule has 0 aliphatic carbocycles. The molecule has 4 N–H and O–H groups in total. The molecule has 29 heavy (non-hydrogen) atoms. The number of aryl methyl sites for hydroxylation is 1. The molecule has 1 saturated heterocycles. The van der Waals surface area contributed by atoms with Crippen LogP contribution in [-0.2, 0) is 0 Å². The van der Waals surface area contributed by atoms with Crippen molar-refractivity contribution in [2.45, 2.75) is 19.4 Å². The minimum absolute atomic E-state index is 0.0285. The molecule has 1 amide bonds. The van der Waals surface area contributed by atoms with Crippen molar-refractivity contribution in [1.82, 2.24) is 20.6 Å². The van der Waals surface area contributed by atoms with Gasteiger partial charge in [0.25, 0.3) is 0 Å². The number of aromatic nitrogens is 2. The fraction of sp³-hybridized carbons (Fsp3) is 0.286. The summed E-state index contributed by atoms with van der Waals surface area (Å²) in [6.45, 7) is 2.94. The molecule has 1 aliphatic rings. The molecule has 3 aromatic rings. The number of phenols is 1. The van der Waals surface area contributed by atoms with Crippen LogP contribution in [-0.4, -0.2) is 39.4 Å². The van der Waals surface area contributed by atoms with Gasteiger partial charge in [-0.05, 0) is 43.0 Å². The summed E-state index contributed by atoms with van der Waals surface area (Å²) in [4.78, 5) is 19.9. The van der Waals surface area contributed by atoms with Crippen molar-refractivity contribution < 1.29 is 19.4 Å². The molecule has 4 rings (SSSR count). The Balaban J connectivity index is 1.78. The number of amides is 1. The first kappa shape index (κ1) is 19.1. The van der Waals surface area contributed by atoms with E-state index in [1.165, 1.54) is 18.2 Å². The van der Waals surface area contributed by atoms with Crippen LogP contribution in [0.1, 0.15) is 23.7 Å². The third-order valence-corrected chi connectivity index (χ3v) is 5.19. The Morgan fingerprint density at radius 2 is 2.14 bits per heavy atom. The van der Waals surface area contributed by atoms with Gasteiger partial charge in [0.05, 0.1) is 22.8 Å². The van der Waals surface area contributed by atoms with Crippen molar-refractivity contribution in [3.05, 3.63) is 53.5 Å². The first-order valence-corrected chi connectivity index (χ1v) is 9.38. The van der Waals surface area contributed by atoms with Crippen LogP contribution in [0.3, 0.4) is 0 Å². The SMILES string of the molecule is Cc1ccc2c(C3CC(CNC(=O)O)CN3)nc(-c3c(O)cccc3F)nc2c1. The highest BCUT2D eigenvalue weighted by Crippen LogP contribution is 2.35.